The van der Waals surface area contributed by atoms with E-state index in [1.807, 2.05) is 0 Å². The van der Waals surface area contributed by atoms with Gasteiger partial charge in [0.1, 0.15) is 0 Å². The van der Waals surface area contributed by atoms with Crippen LogP contribution < -0.4 is 0 Å². The molecule has 0 radical (unpaired) electrons. The van der Waals surface area contributed by atoms with Crippen molar-refractivity contribution in [2.24, 2.45) is 11.8 Å². The van der Waals surface area contributed by atoms with Gasteiger partial charge >= 0.3 is 0 Å². The summed E-state index contributed by atoms with van der Waals surface area (Å²) in [5.74, 6) is 1.82. The van der Waals surface area contributed by atoms with Crippen molar-refractivity contribution in [1.29, 1.82) is 0 Å². The van der Waals surface area contributed by atoms with Crippen LogP contribution >= 0.6 is 0 Å². The lowest BCUT2D eigenvalue weighted by Crippen LogP contribution is -1.91. The van der Waals surface area contributed by atoms with Gasteiger partial charge in [0.05, 0.1) is 0 Å². The third-order valence-corrected chi connectivity index (χ3v) is 3.74. The van der Waals surface area contributed by atoms with Crippen LogP contribution in [0.5, 0.6) is 0 Å². The minimum absolute atomic E-state index is 0.869. The number of fused-ring (bicyclic) bond motifs is 1. The van der Waals surface area contributed by atoms with Gasteiger partial charge in [-0.3, -0.25) is 0 Å². The molecular formula is C15H18. The zero-order valence-corrected chi connectivity index (χ0v) is 9.15. The van der Waals surface area contributed by atoms with Crippen molar-refractivity contribution in [2.75, 3.05) is 0 Å². The summed E-state index contributed by atoms with van der Waals surface area (Å²) >= 11 is 0. The SMILES string of the molecule is C1=CCC2CC2C(C2=CCCCC=C2)=C1. The maximum absolute atomic E-state index is 2.43. The Morgan fingerprint density at radius 1 is 1.13 bits per heavy atom. The molecule has 3 aliphatic carbocycles. The average Bonchev–Trinajstić information content (AvgIpc) is 3.01. The molecule has 2 atom stereocenters. The molecule has 3 rings (SSSR count). The maximum atomic E-state index is 2.43. The number of rotatable bonds is 1. The van der Waals surface area contributed by atoms with Crippen LogP contribution in [0.25, 0.3) is 0 Å². The second-order valence-electron chi connectivity index (χ2n) is 4.88. The van der Waals surface area contributed by atoms with Gasteiger partial charge in [0, 0.05) is 0 Å². The summed E-state index contributed by atoms with van der Waals surface area (Å²) in [6.07, 6.45) is 20.6. The molecule has 0 heteroatoms. The molecule has 0 spiro atoms. The predicted octanol–water partition coefficient (Wildman–Crippen LogP) is 4.18. The summed E-state index contributed by atoms with van der Waals surface area (Å²) in [5, 5.41) is 0. The van der Waals surface area contributed by atoms with E-state index in [0.29, 0.717) is 0 Å². The van der Waals surface area contributed by atoms with E-state index in [0.717, 1.165) is 11.8 Å². The van der Waals surface area contributed by atoms with Gasteiger partial charge in [-0.25, -0.2) is 0 Å². The van der Waals surface area contributed by atoms with Crippen LogP contribution in [0, 0.1) is 11.8 Å². The van der Waals surface area contributed by atoms with Gasteiger partial charge in [-0.15, -0.1) is 0 Å². The van der Waals surface area contributed by atoms with Crippen molar-refractivity contribution in [3.63, 3.8) is 0 Å². The van der Waals surface area contributed by atoms with Gasteiger partial charge in [0.15, 0.2) is 0 Å². The molecule has 0 aromatic carbocycles. The van der Waals surface area contributed by atoms with E-state index in [9.17, 15) is 0 Å². The Kier molecular flexibility index (Phi) is 2.36. The van der Waals surface area contributed by atoms with Crippen molar-refractivity contribution in [1.82, 2.24) is 0 Å². The smallest absolute Gasteiger partial charge is 0.0122 e. The molecule has 0 N–H and O–H groups in total. The fourth-order valence-electron chi connectivity index (χ4n) is 2.73. The van der Waals surface area contributed by atoms with Gasteiger partial charge in [0.2, 0.25) is 0 Å². The number of hydrogen-bond donors (Lipinski definition) is 0. The zero-order chi connectivity index (χ0) is 10.1. The van der Waals surface area contributed by atoms with Gasteiger partial charge in [0.25, 0.3) is 0 Å². The lowest BCUT2D eigenvalue weighted by Gasteiger charge is -2.06. The van der Waals surface area contributed by atoms with Crippen molar-refractivity contribution >= 4 is 0 Å². The molecule has 15 heavy (non-hydrogen) atoms. The van der Waals surface area contributed by atoms with E-state index < -0.39 is 0 Å². The largest absolute Gasteiger partial charge is 0.0842 e. The summed E-state index contributed by atoms with van der Waals surface area (Å²) in [4.78, 5) is 0. The molecule has 0 nitrogen and oxygen atoms in total. The fraction of sp³-hybridized carbons (Fsp3) is 0.467. The van der Waals surface area contributed by atoms with Gasteiger partial charge in [-0.2, -0.15) is 0 Å². The highest BCUT2D eigenvalue weighted by Crippen LogP contribution is 2.50. The third kappa shape index (κ3) is 1.86. The maximum Gasteiger partial charge on any atom is -0.0122 e. The van der Waals surface area contributed by atoms with E-state index in [1.54, 1.807) is 5.57 Å². The van der Waals surface area contributed by atoms with Crippen molar-refractivity contribution in [3.8, 4) is 0 Å². The molecule has 0 aliphatic heterocycles. The van der Waals surface area contributed by atoms with E-state index in [1.165, 1.54) is 37.7 Å². The van der Waals surface area contributed by atoms with Crippen LogP contribution in [0.15, 0.2) is 47.6 Å². The van der Waals surface area contributed by atoms with Crippen LogP contribution in [-0.2, 0) is 0 Å². The second-order valence-corrected chi connectivity index (χ2v) is 4.88. The molecule has 0 bridgehead atoms. The monoisotopic (exact) mass is 198 g/mol. The number of hydrogen-bond acceptors (Lipinski definition) is 0. The molecule has 0 aromatic heterocycles. The minimum atomic E-state index is 0.869. The van der Waals surface area contributed by atoms with Gasteiger partial charge in [-0.1, -0.05) is 36.5 Å². The van der Waals surface area contributed by atoms with Crippen LogP contribution in [0.4, 0.5) is 0 Å². The normalized spacial score (nSPS) is 33.6. The van der Waals surface area contributed by atoms with Crippen LogP contribution in [0.2, 0.25) is 0 Å². The first kappa shape index (κ1) is 9.21. The topological polar surface area (TPSA) is 0 Å². The van der Waals surface area contributed by atoms with Gasteiger partial charge in [-0.05, 0) is 55.1 Å². The van der Waals surface area contributed by atoms with E-state index in [2.05, 4.69) is 36.5 Å². The number of allylic oxidation sites excluding steroid dienone is 8. The first-order valence-electron chi connectivity index (χ1n) is 6.19. The first-order valence-corrected chi connectivity index (χ1v) is 6.19. The molecule has 1 saturated carbocycles. The highest BCUT2D eigenvalue weighted by molar-refractivity contribution is 5.46. The van der Waals surface area contributed by atoms with Crippen molar-refractivity contribution < 1.29 is 0 Å². The standard InChI is InChI=1S/C15H18/c1-2-4-8-12(7-3-1)14-10-6-5-9-13-11-15(13)14/h3,5-8,10,13,15H,1-2,4,9,11H2. The van der Waals surface area contributed by atoms with Crippen molar-refractivity contribution in [3.05, 3.63) is 47.6 Å². The molecule has 2 unspecified atom stereocenters. The summed E-state index contributed by atoms with van der Waals surface area (Å²) in [6, 6.07) is 0. The van der Waals surface area contributed by atoms with E-state index in [-0.39, 0.29) is 0 Å². The zero-order valence-electron chi connectivity index (χ0n) is 9.15. The lowest BCUT2D eigenvalue weighted by molar-refractivity contribution is 0.794. The molecule has 0 saturated heterocycles. The lowest BCUT2D eigenvalue weighted by atomic mass is 9.99. The Morgan fingerprint density at radius 3 is 3.13 bits per heavy atom. The summed E-state index contributed by atoms with van der Waals surface area (Å²) < 4.78 is 0. The van der Waals surface area contributed by atoms with Crippen LogP contribution in [0.1, 0.15) is 32.1 Å². The fourth-order valence-corrected chi connectivity index (χ4v) is 2.73. The molecule has 3 aliphatic rings. The Balaban J connectivity index is 1.88. The molecule has 1 fully saturated rings. The predicted molar refractivity (Wildman–Crippen MR) is 64.5 cm³/mol. The quantitative estimate of drug-likeness (QED) is 0.593. The Morgan fingerprint density at radius 2 is 2.13 bits per heavy atom. The summed E-state index contributed by atoms with van der Waals surface area (Å²) in [7, 11) is 0. The van der Waals surface area contributed by atoms with Crippen molar-refractivity contribution in [2.45, 2.75) is 32.1 Å². The average molecular weight is 198 g/mol. The summed E-state index contributed by atoms with van der Waals surface area (Å²) in [5.41, 5.74) is 3.11. The molecule has 0 heterocycles. The molecule has 78 valence electrons. The molecular weight excluding hydrogens is 180 g/mol. The van der Waals surface area contributed by atoms with E-state index in [4.69, 9.17) is 0 Å². The minimum Gasteiger partial charge on any atom is -0.0842 e. The Bertz CT molecular complexity index is 365. The van der Waals surface area contributed by atoms with Crippen LogP contribution in [0.3, 0.4) is 0 Å². The highest BCUT2D eigenvalue weighted by Gasteiger charge is 2.39. The Labute approximate surface area is 92.1 Å². The molecule has 0 aromatic rings. The molecule has 0 amide bonds. The Hall–Kier alpha value is -1.04. The highest BCUT2D eigenvalue weighted by atomic mass is 14.4. The summed E-state index contributed by atoms with van der Waals surface area (Å²) in [6.45, 7) is 0. The first-order chi connectivity index (χ1) is 7.45. The van der Waals surface area contributed by atoms with Crippen LogP contribution in [-0.4, -0.2) is 0 Å². The van der Waals surface area contributed by atoms with E-state index >= 15 is 0 Å². The third-order valence-electron chi connectivity index (χ3n) is 3.74. The van der Waals surface area contributed by atoms with Gasteiger partial charge < -0.3 is 0 Å². The second kappa shape index (κ2) is 3.84.